The molecular weight excluding hydrogens is 268 g/mol. The molecule has 0 aliphatic carbocycles. The van der Waals surface area contributed by atoms with Crippen LogP contribution in [0.1, 0.15) is 22.7 Å². The van der Waals surface area contributed by atoms with Crippen LogP contribution < -0.4 is 5.73 Å². The van der Waals surface area contributed by atoms with Crippen molar-refractivity contribution in [2.24, 2.45) is 5.73 Å². The zero-order valence-electron chi connectivity index (χ0n) is 10.5. The van der Waals surface area contributed by atoms with Gasteiger partial charge in [-0.15, -0.1) is 0 Å². The first-order valence-electron chi connectivity index (χ1n) is 5.93. The Bertz CT molecular complexity index is 581. The molecule has 2 aromatic carbocycles. The van der Waals surface area contributed by atoms with E-state index in [1.807, 2.05) is 12.1 Å². The number of hydrogen-bond donors (Lipinski definition) is 1. The lowest BCUT2D eigenvalue weighted by Gasteiger charge is -2.14. The SMILES string of the molecule is Cc1ccc(C(N)Cc2ccc(Cl)cc2)c(F)c1F. The molecule has 2 aromatic rings. The number of rotatable bonds is 3. The van der Waals surface area contributed by atoms with Gasteiger partial charge in [-0.25, -0.2) is 8.78 Å². The van der Waals surface area contributed by atoms with E-state index in [1.165, 1.54) is 19.1 Å². The van der Waals surface area contributed by atoms with E-state index in [-0.39, 0.29) is 11.1 Å². The molecule has 2 N–H and O–H groups in total. The molecule has 2 rings (SSSR count). The van der Waals surface area contributed by atoms with Crippen LogP contribution in [0.15, 0.2) is 36.4 Å². The highest BCUT2D eigenvalue weighted by Crippen LogP contribution is 2.23. The Kier molecular flexibility index (Phi) is 4.17. The van der Waals surface area contributed by atoms with Crippen molar-refractivity contribution in [3.05, 3.63) is 69.7 Å². The maximum atomic E-state index is 13.8. The Hall–Kier alpha value is -1.45. The lowest BCUT2D eigenvalue weighted by Crippen LogP contribution is -2.16. The molecule has 0 radical (unpaired) electrons. The van der Waals surface area contributed by atoms with Crippen LogP contribution in [-0.2, 0) is 6.42 Å². The molecule has 0 saturated carbocycles. The molecule has 0 aliphatic rings. The molecule has 0 aromatic heterocycles. The van der Waals surface area contributed by atoms with Gasteiger partial charge in [0, 0.05) is 16.6 Å². The Morgan fingerprint density at radius 2 is 1.68 bits per heavy atom. The number of aryl methyl sites for hydroxylation is 1. The van der Waals surface area contributed by atoms with Crippen LogP contribution in [0, 0.1) is 18.6 Å². The minimum atomic E-state index is -0.860. The fourth-order valence-electron chi connectivity index (χ4n) is 1.93. The van der Waals surface area contributed by atoms with Gasteiger partial charge in [0.25, 0.3) is 0 Å². The average Bonchev–Trinajstić information content (AvgIpc) is 2.39. The first-order valence-corrected chi connectivity index (χ1v) is 6.31. The first kappa shape index (κ1) is 14.0. The maximum Gasteiger partial charge on any atom is 0.163 e. The van der Waals surface area contributed by atoms with Gasteiger partial charge in [-0.2, -0.15) is 0 Å². The highest BCUT2D eigenvalue weighted by molar-refractivity contribution is 6.30. The Balaban J connectivity index is 2.23. The molecule has 0 spiro atoms. The van der Waals surface area contributed by atoms with Gasteiger partial charge < -0.3 is 5.73 Å². The predicted octanol–water partition coefficient (Wildman–Crippen LogP) is 4.17. The summed E-state index contributed by atoms with van der Waals surface area (Å²) in [6, 6.07) is 9.63. The molecule has 19 heavy (non-hydrogen) atoms. The van der Waals surface area contributed by atoms with Gasteiger partial charge in [-0.3, -0.25) is 0 Å². The first-order chi connectivity index (χ1) is 8.99. The zero-order valence-corrected chi connectivity index (χ0v) is 11.2. The fourth-order valence-corrected chi connectivity index (χ4v) is 2.06. The quantitative estimate of drug-likeness (QED) is 0.898. The van der Waals surface area contributed by atoms with Crippen LogP contribution >= 0.6 is 11.6 Å². The minimum Gasteiger partial charge on any atom is -0.324 e. The van der Waals surface area contributed by atoms with E-state index < -0.39 is 17.7 Å². The molecule has 0 amide bonds. The van der Waals surface area contributed by atoms with Gasteiger partial charge in [0.2, 0.25) is 0 Å². The van der Waals surface area contributed by atoms with Crippen molar-refractivity contribution >= 4 is 11.6 Å². The second-order valence-electron chi connectivity index (χ2n) is 4.54. The van der Waals surface area contributed by atoms with Gasteiger partial charge >= 0.3 is 0 Å². The lowest BCUT2D eigenvalue weighted by molar-refractivity contribution is 0.483. The number of halogens is 3. The summed E-state index contributed by atoms with van der Waals surface area (Å²) in [5, 5.41) is 0.630. The summed E-state index contributed by atoms with van der Waals surface area (Å²) in [7, 11) is 0. The third kappa shape index (κ3) is 3.11. The molecule has 0 saturated heterocycles. The Morgan fingerprint density at radius 1 is 1.05 bits per heavy atom. The second kappa shape index (κ2) is 5.68. The van der Waals surface area contributed by atoms with Crippen molar-refractivity contribution < 1.29 is 8.78 Å². The topological polar surface area (TPSA) is 26.0 Å². The summed E-state index contributed by atoms with van der Waals surface area (Å²) in [4.78, 5) is 0. The summed E-state index contributed by atoms with van der Waals surface area (Å²) in [6.07, 6.45) is 0.427. The van der Waals surface area contributed by atoms with E-state index in [1.54, 1.807) is 12.1 Å². The molecule has 1 atom stereocenters. The highest BCUT2D eigenvalue weighted by atomic mass is 35.5. The number of hydrogen-bond acceptors (Lipinski definition) is 1. The summed E-state index contributed by atoms with van der Waals surface area (Å²) in [5.41, 5.74) is 7.34. The van der Waals surface area contributed by atoms with Crippen molar-refractivity contribution in [3.63, 3.8) is 0 Å². The van der Waals surface area contributed by atoms with Gasteiger partial charge in [-0.1, -0.05) is 35.9 Å². The molecule has 1 nitrogen and oxygen atoms in total. The average molecular weight is 282 g/mol. The molecule has 0 bridgehead atoms. The van der Waals surface area contributed by atoms with E-state index in [9.17, 15) is 8.78 Å². The molecule has 100 valence electrons. The van der Waals surface area contributed by atoms with Crippen LogP contribution in [-0.4, -0.2) is 0 Å². The van der Waals surface area contributed by atoms with Crippen LogP contribution in [0.3, 0.4) is 0 Å². The molecule has 0 heterocycles. The van der Waals surface area contributed by atoms with Crippen molar-refractivity contribution in [1.29, 1.82) is 0 Å². The van der Waals surface area contributed by atoms with Gasteiger partial charge in [0.1, 0.15) is 0 Å². The Morgan fingerprint density at radius 3 is 2.32 bits per heavy atom. The van der Waals surface area contributed by atoms with E-state index in [4.69, 9.17) is 17.3 Å². The van der Waals surface area contributed by atoms with Crippen LogP contribution in [0.4, 0.5) is 8.78 Å². The summed E-state index contributed by atoms with van der Waals surface area (Å²) in [6.45, 7) is 1.52. The van der Waals surface area contributed by atoms with Gasteiger partial charge in [0.05, 0.1) is 0 Å². The number of benzene rings is 2. The normalized spacial score (nSPS) is 12.5. The summed E-state index contributed by atoms with van der Waals surface area (Å²) < 4.78 is 27.3. The van der Waals surface area contributed by atoms with E-state index in [0.29, 0.717) is 11.4 Å². The highest BCUT2D eigenvalue weighted by Gasteiger charge is 2.16. The van der Waals surface area contributed by atoms with E-state index >= 15 is 0 Å². The van der Waals surface area contributed by atoms with E-state index in [2.05, 4.69) is 0 Å². The summed E-state index contributed by atoms with van der Waals surface area (Å²) in [5.74, 6) is -1.69. The standard InChI is InChI=1S/C15H14ClF2N/c1-9-2-7-12(15(18)14(9)17)13(19)8-10-3-5-11(16)6-4-10/h2-7,13H,8,19H2,1H3. The summed E-state index contributed by atoms with van der Waals surface area (Å²) >= 11 is 5.79. The van der Waals surface area contributed by atoms with Crippen molar-refractivity contribution in [3.8, 4) is 0 Å². The zero-order chi connectivity index (χ0) is 14.0. The third-order valence-electron chi connectivity index (χ3n) is 3.07. The molecule has 1 unspecified atom stereocenters. The third-order valence-corrected chi connectivity index (χ3v) is 3.33. The monoisotopic (exact) mass is 281 g/mol. The smallest absolute Gasteiger partial charge is 0.163 e. The lowest BCUT2D eigenvalue weighted by atomic mass is 9.98. The van der Waals surface area contributed by atoms with Crippen molar-refractivity contribution in [1.82, 2.24) is 0 Å². The molecular formula is C15H14ClF2N. The van der Waals surface area contributed by atoms with Crippen molar-refractivity contribution in [2.45, 2.75) is 19.4 Å². The number of nitrogens with two attached hydrogens (primary N) is 1. The minimum absolute atomic E-state index is 0.193. The van der Waals surface area contributed by atoms with Gasteiger partial charge in [-0.05, 0) is 36.6 Å². The van der Waals surface area contributed by atoms with Crippen LogP contribution in [0.25, 0.3) is 0 Å². The van der Waals surface area contributed by atoms with Crippen molar-refractivity contribution in [2.75, 3.05) is 0 Å². The Labute approximate surface area is 116 Å². The maximum absolute atomic E-state index is 13.8. The van der Waals surface area contributed by atoms with Crippen LogP contribution in [0.5, 0.6) is 0 Å². The molecule has 0 aliphatic heterocycles. The van der Waals surface area contributed by atoms with Crippen LogP contribution in [0.2, 0.25) is 5.02 Å². The largest absolute Gasteiger partial charge is 0.324 e. The molecule has 4 heteroatoms. The second-order valence-corrected chi connectivity index (χ2v) is 4.97. The predicted molar refractivity (Wildman–Crippen MR) is 73.2 cm³/mol. The van der Waals surface area contributed by atoms with E-state index in [0.717, 1.165) is 5.56 Å². The molecule has 0 fully saturated rings. The fraction of sp³-hybridized carbons (Fsp3) is 0.200. The van der Waals surface area contributed by atoms with Gasteiger partial charge in [0.15, 0.2) is 11.6 Å².